The Hall–Kier alpha value is -1.33. The van der Waals surface area contributed by atoms with Gasteiger partial charge in [-0.2, -0.15) is 26.3 Å². The second-order valence-corrected chi connectivity index (χ2v) is 7.27. The van der Waals surface area contributed by atoms with Gasteiger partial charge in [0, 0.05) is 17.4 Å². The third-order valence-corrected chi connectivity index (χ3v) is 5.07. The van der Waals surface area contributed by atoms with Crippen LogP contribution in [0.15, 0.2) is 12.2 Å². The van der Waals surface area contributed by atoms with Crippen molar-refractivity contribution >= 4 is 5.97 Å². The standard InChI is InChI=1S/C16H22F6O5/c1-7(2)12(24)27-8-5-9(13(3,25)15(17,18)19)11(23)10(6-8)14(4,26)16(20,21)22/h8-11,23,25-26H,1,5-6H2,2-4H3. The van der Waals surface area contributed by atoms with Crippen LogP contribution in [0.4, 0.5) is 26.3 Å². The van der Waals surface area contributed by atoms with Gasteiger partial charge in [-0.3, -0.25) is 0 Å². The van der Waals surface area contributed by atoms with Crippen LogP contribution in [0.3, 0.4) is 0 Å². The first-order valence-corrected chi connectivity index (χ1v) is 7.96. The van der Waals surface area contributed by atoms with Gasteiger partial charge in [-0.05, 0) is 33.6 Å². The average Bonchev–Trinajstić information content (AvgIpc) is 2.45. The summed E-state index contributed by atoms with van der Waals surface area (Å²) in [4.78, 5) is 11.6. The van der Waals surface area contributed by atoms with E-state index in [-0.39, 0.29) is 5.57 Å². The molecule has 1 aliphatic carbocycles. The monoisotopic (exact) mass is 408 g/mol. The van der Waals surface area contributed by atoms with Crippen LogP contribution in [-0.4, -0.2) is 57.1 Å². The number of halogens is 6. The summed E-state index contributed by atoms with van der Waals surface area (Å²) >= 11 is 0. The molecule has 1 aliphatic rings. The highest BCUT2D eigenvalue weighted by molar-refractivity contribution is 5.87. The van der Waals surface area contributed by atoms with E-state index < -0.39 is 66.4 Å². The van der Waals surface area contributed by atoms with Gasteiger partial charge in [0.05, 0.1) is 6.10 Å². The predicted octanol–water partition coefficient (Wildman–Crippen LogP) is 2.49. The van der Waals surface area contributed by atoms with Gasteiger partial charge in [0.1, 0.15) is 6.10 Å². The molecule has 0 amide bonds. The highest BCUT2D eigenvalue weighted by Gasteiger charge is 2.65. The van der Waals surface area contributed by atoms with Gasteiger partial charge < -0.3 is 20.1 Å². The first kappa shape index (κ1) is 23.7. The van der Waals surface area contributed by atoms with Gasteiger partial charge in [-0.25, -0.2) is 4.79 Å². The van der Waals surface area contributed by atoms with Crippen LogP contribution in [0.5, 0.6) is 0 Å². The Kier molecular flexibility index (Phi) is 6.36. The number of alkyl halides is 6. The average molecular weight is 408 g/mol. The van der Waals surface area contributed by atoms with E-state index in [4.69, 9.17) is 4.74 Å². The van der Waals surface area contributed by atoms with E-state index >= 15 is 0 Å². The number of rotatable bonds is 4. The van der Waals surface area contributed by atoms with Gasteiger partial charge >= 0.3 is 18.3 Å². The van der Waals surface area contributed by atoms with Gasteiger partial charge in [-0.1, -0.05) is 6.58 Å². The molecule has 1 fully saturated rings. The van der Waals surface area contributed by atoms with Crippen molar-refractivity contribution < 1.29 is 51.2 Å². The molecule has 0 heterocycles. The fourth-order valence-electron chi connectivity index (χ4n) is 3.11. The van der Waals surface area contributed by atoms with Crippen LogP contribution in [0.1, 0.15) is 33.6 Å². The van der Waals surface area contributed by atoms with Crippen LogP contribution in [0.25, 0.3) is 0 Å². The fourth-order valence-corrected chi connectivity index (χ4v) is 3.11. The van der Waals surface area contributed by atoms with Crippen molar-refractivity contribution in [1.82, 2.24) is 0 Å². The van der Waals surface area contributed by atoms with Gasteiger partial charge in [0.15, 0.2) is 11.2 Å². The Morgan fingerprint density at radius 2 is 1.30 bits per heavy atom. The van der Waals surface area contributed by atoms with E-state index in [9.17, 15) is 46.5 Å². The van der Waals surface area contributed by atoms with Crippen LogP contribution >= 0.6 is 0 Å². The molecule has 0 saturated heterocycles. The maximum atomic E-state index is 13.2. The summed E-state index contributed by atoms with van der Waals surface area (Å²) in [5.41, 5.74) is -7.30. The van der Waals surface area contributed by atoms with E-state index in [0.717, 1.165) is 0 Å². The quantitative estimate of drug-likeness (QED) is 0.378. The Labute approximate surface area is 151 Å². The molecule has 0 radical (unpaired) electrons. The molecule has 11 heteroatoms. The van der Waals surface area contributed by atoms with Crippen LogP contribution in [0.2, 0.25) is 0 Å². The third-order valence-electron chi connectivity index (χ3n) is 5.07. The third kappa shape index (κ3) is 4.57. The van der Waals surface area contributed by atoms with Crippen molar-refractivity contribution in [1.29, 1.82) is 0 Å². The first-order valence-electron chi connectivity index (χ1n) is 7.96. The lowest BCUT2D eigenvalue weighted by Crippen LogP contribution is -2.63. The summed E-state index contributed by atoms with van der Waals surface area (Å²) < 4.78 is 84.1. The zero-order chi connectivity index (χ0) is 21.6. The molecule has 0 spiro atoms. The van der Waals surface area contributed by atoms with Crippen molar-refractivity contribution in [3.05, 3.63) is 12.2 Å². The molecule has 0 aromatic heterocycles. The molecule has 4 unspecified atom stereocenters. The zero-order valence-corrected chi connectivity index (χ0v) is 14.9. The number of hydrogen-bond acceptors (Lipinski definition) is 5. The summed E-state index contributed by atoms with van der Waals surface area (Å²) in [6.07, 6.45) is -15.9. The number of aliphatic hydroxyl groups is 3. The normalized spacial score (nSPS) is 31.6. The van der Waals surface area contributed by atoms with E-state index in [0.29, 0.717) is 13.8 Å². The van der Waals surface area contributed by atoms with Crippen LogP contribution in [0, 0.1) is 11.8 Å². The summed E-state index contributed by atoms with van der Waals surface area (Å²) in [7, 11) is 0. The highest BCUT2D eigenvalue weighted by Crippen LogP contribution is 2.50. The zero-order valence-electron chi connectivity index (χ0n) is 14.9. The second kappa shape index (κ2) is 7.25. The lowest BCUT2D eigenvalue weighted by Gasteiger charge is -2.49. The van der Waals surface area contributed by atoms with Gasteiger partial charge in [0.2, 0.25) is 0 Å². The fraction of sp³-hybridized carbons (Fsp3) is 0.812. The minimum absolute atomic E-state index is 0.139. The molecular weight excluding hydrogens is 386 g/mol. The summed E-state index contributed by atoms with van der Waals surface area (Å²) in [6.45, 7) is 5.11. The lowest BCUT2D eigenvalue weighted by molar-refractivity contribution is -0.318. The molecule has 1 rings (SSSR count). The molecule has 3 N–H and O–H groups in total. The predicted molar refractivity (Wildman–Crippen MR) is 80.3 cm³/mol. The Morgan fingerprint density at radius 3 is 1.56 bits per heavy atom. The Bertz CT molecular complexity index is 545. The number of carbonyl (C=O) groups excluding carboxylic acids is 1. The van der Waals surface area contributed by atoms with E-state index in [1.54, 1.807) is 0 Å². The van der Waals surface area contributed by atoms with Crippen molar-refractivity contribution in [3.8, 4) is 0 Å². The molecule has 0 bridgehead atoms. The molecule has 1 saturated carbocycles. The Morgan fingerprint density at radius 1 is 0.963 bits per heavy atom. The van der Waals surface area contributed by atoms with Crippen molar-refractivity contribution in [2.45, 2.75) is 69.4 Å². The minimum Gasteiger partial charge on any atom is -0.459 e. The Balaban J connectivity index is 3.36. The molecular formula is C16H22F6O5. The van der Waals surface area contributed by atoms with E-state index in [1.807, 2.05) is 0 Å². The highest BCUT2D eigenvalue weighted by atomic mass is 19.4. The number of ether oxygens (including phenoxy) is 1. The molecule has 158 valence electrons. The van der Waals surface area contributed by atoms with Gasteiger partial charge in [-0.15, -0.1) is 0 Å². The molecule has 0 aromatic carbocycles. The topological polar surface area (TPSA) is 87.0 Å². The smallest absolute Gasteiger partial charge is 0.417 e. The van der Waals surface area contributed by atoms with Gasteiger partial charge in [0.25, 0.3) is 0 Å². The number of aliphatic hydroxyl groups excluding tert-OH is 1. The van der Waals surface area contributed by atoms with Crippen molar-refractivity contribution in [2.24, 2.45) is 11.8 Å². The molecule has 0 aromatic rings. The maximum Gasteiger partial charge on any atom is 0.417 e. The van der Waals surface area contributed by atoms with Crippen molar-refractivity contribution in [2.75, 3.05) is 0 Å². The van der Waals surface area contributed by atoms with Crippen molar-refractivity contribution in [3.63, 3.8) is 0 Å². The van der Waals surface area contributed by atoms with Crippen LogP contribution in [-0.2, 0) is 9.53 Å². The van der Waals surface area contributed by atoms with Crippen LogP contribution < -0.4 is 0 Å². The SMILES string of the molecule is C=C(C)C(=O)OC1CC(C(C)(O)C(F)(F)F)C(O)C(C(C)(O)C(F)(F)F)C1. The van der Waals surface area contributed by atoms with E-state index in [2.05, 4.69) is 6.58 Å². The molecule has 5 nitrogen and oxygen atoms in total. The van der Waals surface area contributed by atoms with E-state index in [1.165, 1.54) is 6.92 Å². The minimum atomic E-state index is -5.28. The molecule has 27 heavy (non-hydrogen) atoms. The largest absolute Gasteiger partial charge is 0.459 e. The lowest BCUT2D eigenvalue weighted by atomic mass is 9.65. The maximum absolute atomic E-state index is 13.2. The summed E-state index contributed by atoms with van der Waals surface area (Å²) in [6, 6.07) is 0. The molecule has 4 atom stereocenters. The second-order valence-electron chi connectivity index (χ2n) is 7.27. The number of esters is 1. The number of carbonyl (C=O) groups is 1. The summed E-state index contributed by atoms with van der Waals surface area (Å²) in [5.74, 6) is -5.40. The molecule has 0 aliphatic heterocycles. The summed E-state index contributed by atoms with van der Waals surface area (Å²) in [5, 5.41) is 30.0. The first-order chi connectivity index (χ1) is 11.8. The number of hydrogen-bond donors (Lipinski definition) is 3.